The summed E-state index contributed by atoms with van der Waals surface area (Å²) in [6.07, 6.45) is -22.3. The maximum Gasteiger partial charge on any atom is 0.331 e. The largest absolute Gasteiger partial charge is 0.508 e. The van der Waals surface area contributed by atoms with E-state index < -0.39 is 133 Å². The molecule has 1 aromatic heterocycles. The van der Waals surface area contributed by atoms with E-state index in [1.807, 2.05) is 0 Å². The van der Waals surface area contributed by atoms with E-state index in [2.05, 4.69) is 0 Å². The number of rotatable bonds is 12. The molecule has 0 radical (unpaired) electrons. The molecule has 3 fully saturated rings. The summed E-state index contributed by atoms with van der Waals surface area (Å²) in [6, 6.07) is 11.6. The third-order valence-electron chi connectivity index (χ3n) is 11.1. The fraction of sp³-hybridized carbons (Fsp3) is 0.442. The van der Waals surface area contributed by atoms with E-state index in [9.17, 15) is 65.8 Å². The van der Waals surface area contributed by atoms with Gasteiger partial charge in [0.05, 0.1) is 25.9 Å². The molecule has 15 atom stereocenters. The van der Waals surface area contributed by atoms with Crippen LogP contribution in [0.4, 0.5) is 0 Å². The monoisotopic (exact) mass is 916 g/mol. The molecule has 22 nitrogen and oxygen atoms in total. The molecular formula is C43H48O22. The van der Waals surface area contributed by atoms with E-state index in [1.54, 1.807) is 0 Å². The molecule has 22 heteroatoms. The molecule has 0 bridgehead atoms. The number of carbonyl (C=O) groups is 1. The number of aliphatic hydroxyl groups is 8. The van der Waals surface area contributed by atoms with Crippen molar-refractivity contribution in [3.05, 3.63) is 76.5 Å². The lowest BCUT2D eigenvalue weighted by Gasteiger charge is -2.43. The quantitative estimate of drug-likeness (QED) is 0.0605. The number of fused-ring (bicyclic) bond motifs is 1. The van der Waals surface area contributed by atoms with Gasteiger partial charge in [-0.2, -0.15) is 0 Å². The second-order valence-corrected chi connectivity index (χ2v) is 15.6. The molecule has 0 spiro atoms. The van der Waals surface area contributed by atoms with Gasteiger partial charge in [0.2, 0.25) is 23.8 Å². The molecule has 3 aliphatic rings. The van der Waals surface area contributed by atoms with Crippen LogP contribution in [-0.4, -0.2) is 168 Å². The van der Waals surface area contributed by atoms with Gasteiger partial charge in [0.25, 0.3) is 0 Å². The van der Waals surface area contributed by atoms with E-state index in [0.29, 0.717) is 5.56 Å². The number of aromatic hydroxyl groups is 3. The Bertz CT molecular complexity index is 2400. The molecule has 4 aromatic rings. The van der Waals surface area contributed by atoms with Crippen LogP contribution in [0.15, 0.2) is 69.9 Å². The molecule has 0 amide bonds. The van der Waals surface area contributed by atoms with Crippen LogP contribution in [0.1, 0.15) is 19.4 Å². The van der Waals surface area contributed by atoms with Crippen LogP contribution >= 0.6 is 0 Å². The molecular weight excluding hydrogens is 868 g/mol. The summed E-state index contributed by atoms with van der Waals surface area (Å²) in [4.78, 5) is 27.6. The van der Waals surface area contributed by atoms with Crippen molar-refractivity contribution in [1.29, 1.82) is 0 Å². The van der Waals surface area contributed by atoms with Gasteiger partial charge in [-0.1, -0.05) is 12.1 Å². The van der Waals surface area contributed by atoms with E-state index in [0.717, 1.165) is 18.2 Å². The first-order valence-corrected chi connectivity index (χ1v) is 20.1. The second kappa shape index (κ2) is 19.5. The molecule has 7 rings (SSSR count). The maximum absolute atomic E-state index is 14.5. The molecule has 65 heavy (non-hydrogen) atoms. The molecule has 0 aliphatic carbocycles. The van der Waals surface area contributed by atoms with Gasteiger partial charge < -0.3 is 98.5 Å². The van der Waals surface area contributed by atoms with Crippen LogP contribution < -0.4 is 19.6 Å². The molecule has 3 aliphatic heterocycles. The number of hydrogen-bond donors (Lipinski definition) is 11. The number of phenols is 3. The highest BCUT2D eigenvalue weighted by Crippen LogP contribution is 2.41. The lowest BCUT2D eigenvalue weighted by molar-refractivity contribution is -0.319. The van der Waals surface area contributed by atoms with Gasteiger partial charge in [-0.15, -0.1) is 0 Å². The first kappa shape index (κ1) is 47.4. The Labute approximate surface area is 367 Å². The zero-order chi connectivity index (χ0) is 47.0. The van der Waals surface area contributed by atoms with Crippen LogP contribution in [0.5, 0.6) is 34.5 Å². The molecule has 0 unspecified atom stereocenters. The van der Waals surface area contributed by atoms with Gasteiger partial charge in [0.1, 0.15) is 83.2 Å². The Morgan fingerprint density at radius 3 is 1.97 bits per heavy atom. The van der Waals surface area contributed by atoms with Gasteiger partial charge in [0.15, 0.2) is 29.7 Å². The van der Waals surface area contributed by atoms with Crippen molar-refractivity contribution in [2.45, 2.75) is 106 Å². The third kappa shape index (κ3) is 9.84. The molecule has 0 saturated carbocycles. The van der Waals surface area contributed by atoms with Crippen molar-refractivity contribution in [2.24, 2.45) is 0 Å². The van der Waals surface area contributed by atoms with Gasteiger partial charge in [-0.3, -0.25) is 4.79 Å². The van der Waals surface area contributed by atoms with Crippen molar-refractivity contribution in [3.8, 4) is 45.8 Å². The summed E-state index contributed by atoms with van der Waals surface area (Å²) in [7, 11) is 1.25. The van der Waals surface area contributed by atoms with Crippen molar-refractivity contribution in [1.82, 2.24) is 0 Å². The summed E-state index contributed by atoms with van der Waals surface area (Å²) in [5.74, 6) is -3.66. The van der Waals surface area contributed by atoms with Crippen LogP contribution in [0.25, 0.3) is 28.4 Å². The normalized spacial score (nSPS) is 32.9. The standard InChI is InChI=1S/C43H48O22/c1-16-29(48)32(51)35(54)41(59-16)58-15-26-39(64-27(47)11-6-18-4-8-20(44)9-5-18)34(53)37(56)43(63-26)65-40-31(50)28-23(46)13-21(61-42-36(55)33(52)30(49)17(2)60-42)14-25(28)62-38(40)19-7-10-22(45)24(12-19)57-3/h4-14,16-17,26,29-30,32-37,39,41-46,48-49,51-56H,15H2,1-3H3/b11-6+/t16-,17-,26+,29-,30-,32+,33+,34+,35+,36+,37+,39-,41+,42-,43-/m0/s1. The second-order valence-electron chi connectivity index (χ2n) is 15.6. The highest BCUT2D eigenvalue weighted by atomic mass is 16.7. The van der Waals surface area contributed by atoms with Crippen LogP contribution in [0.2, 0.25) is 0 Å². The summed E-state index contributed by atoms with van der Waals surface area (Å²) in [5, 5.41) is 116. The Balaban J connectivity index is 1.24. The molecule has 3 aromatic carbocycles. The van der Waals surface area contributed by atoms with Crippen molar-refractivity contribution >= 4 is 23.0 Å². The minimum atomic E-state index is -2.13. The minimum absolute atomic E-state index is 0.00712. The summed E-state index contributed by atoms with van der Waals surface area (Å²) >= 11 is 0. The predicted molar refractivity (Wildman–Crippen MR) is 217 cm³/mol. The van der Waals surface area contributed by atoms with E-state index >= 15 is 0 Å². The Hall–Kier alpha value is -5.60. The van der Waals surface area contributed by atoms with Crippen molar-refractivity contribution < 1.29 is 103 Å². The highest BCUT2D eigenvalue weighted by molar-refractivity contribution is 5.89. The molecule has 352 valence electrons. The Kier molecular flexibility index (Phi) is 14.2. The lowest BCUT2D eigenvalue weighted by atomic mass is 9.98. The molecule has 11 N–H and O–H groups in total. The van der Waals surface area contributed by atoms with Crippen LogP contribution in [-0.2, 0) is 28.5 Å². The number of phenolic OH excluding ortho intramolecular Hbond substituents is 3. The zero-order valence-electron chi connectivity index (χ0n) is 34.6. The van der Waals surface area contributed by atoms with Gasteiger partial charge in [-0.05, 0) is 55.8 Å². The van der Waals surface area contributed by atoms with E-state index in [-0.39, 0.29) is 34.1 Å². The van der Waals surface area contributed by atoms with Crippen molar-refractivity contribution in [3.63, 3.8) is 0 Å². The van der Waals surface area contributed by atoms with Crippen LogP contribution in [0.3, 0.4) is 0 Å². The summed E-state index contributed by atoms with van der Waals surface area (Å²) in [6.45, 7) is 2.11. The first-order chi connectivity index (χ1) is 30.9. The fourth-order valence-electron chi connectivity index (χ4n) is 7.35. The topological polar surface area (TPSA) is 344 Å². The Morgan fingerprint density at radius 1 is 0.692 bits per heavy atom. The number of hydrogen-bond acceptors (Lipinski definition) is 22. The average Bonchev–Trinajstić information content (AvgIpc) is 3.28. The van der Waals surface area contributed by atoms with Gasteiger partial charge >= 0.3 is 5.97 Å². The number of esters is 1. The number of ether oxygens (including phenoxy) is 8. The summed E-state index contributed by atoms with van der Waals surface area (Å²) in [5.41, 5.74) is -0.961. The van der Waals surface area contributed by atoms with Gasteiger partial charge in [-0.25, -0.2) is 4.79 Å². The fourth-order valence-corrected chi connectivity index (χ4v) is 7.35. The highest BCUT2D eigenvalue weighted by Gasteiger charge is 2.50. The predicted octanol–water partition coefficient (Wildman–Crippen LogP) is -0.913. The SMILES string of the molecule is COc1cc(-c2oc3cc(O[C@@H]4O[C@@H](C)[C@H](O)[C@@H](O)[C@H]4O)cc(O)c3c(=O)c2O[C@@H]2O[C@H](CO[C@@H]3O[C@@H](C)[C@H](O)[C@@H](O)[C@H]3O)[C@H](OC(=O)/C=C/c3ccc(O)cc3)[C@H](O)[C@H]2O)ccc1O. The maximum atomic E-state index is 14.5. The molecule has 4 heterocycles. The zero-order valence-corrected chi connectivity index (χ0v) is 34.6. The smallest absolute Gasteiger partial charge is 0.331 e. The van der Waals surface area contributed by atoms with Crippen molar-refractivity contribution in [2.75, 3.05) is 13.7 Å². The molecule has 3 saturated heterocycles. The Morgan fingerprint density at radius 2 is 1.31 bits per heavy atom. The summed E-state index contributed by atoms with van der Waals surface area (Å²) < 4.78 is 51.3. The van der Waals surface area contributed by atoms with Gasteiger partial charge in [0, 0.05) is 23.8 Å². The van der Waals surface area contributed by atoms with E-state index in [1.165, 1.54) is 69.5 Å². The number of carbonyl (C=O) groups excluding carboxylic acids is 1. The number of benzene rings is 3. The third-order valence-corrected chi connectivity index (χ3v) is 11.1. The number of aliphatic hydroxyl groups excluding tert-OH is 8. The average molecular weight is 917 g/mol. The van der Waals surface area contributed by atoms with Crippen LogP contribution in [0, 0.1) is 0 Å². The first-order valence-electron chi connectivity index (χ1n) is 20.1. The number of methoxy groups -OCH3 is 1. The van der Waals surface area contributed by atoms with E-state index in [4.69, 9.17) is 42.3 Å². The minimum Gasteiger partial charge on any atom is -0.508 e. The lowest BCUT2D eigenvalue weighted by Crippen LogP contribution is -2.62.